The SMILES string of the molecule is C=CCCc1ccc(OC(=O)c2ccc(C3CCC4CC(C=C)CCC4C3)c(F)c2F)c(F)c1F. The van der Waals surface area contributed by atoms with Crippen LogP contribution in [0.4, 0.5) is 17.6 Å². The first-order valence-electron chi connectivity index (χ1n) is 12.2. The molecule has 2 saturated carbocycles. The van der Waals surface area contributed by atoms with Gasteiger partial charge in [0.25, 0.3) is 0 Å². The van der Waals surface area contributed by atoms with Crippen LogP contribution in [-0.4, -0.2) is 5.97 Å². The third kappa shape index (κ3) is 5.21. The first-order valence-corrected chi connectivity index (χ1v) is 12.2. The molecule has 0 bridgehead atoms. The summed E-state index contributed by atoms with van der Waals surface area (Å²) in [6.07, 6.45) is 10.0. The Bertz CT molecular complexity index is 1130. The molecule has 0 amide bonds. The van der Waals surface area contributed by atoms with Crippen LogP contribution in [0.3, 0.4) is 0 Å². The van der Waals surface area contributed by atoms with Crippen LogP contribution in [0.15, 0.2) is 49.6 Å². The molecule has 4 atom stereocenters. The average molecular weight is 487 g/mol. The molecule has 2 fully saturated rings. The maximum absolute atomic E-state index is 15.1. The Morgan fingerprint density at radius 1 is 0.886 bits per heavy atom. The van der Waals surface area contributed by atoms with Crippen molar-refractivity contribution >= 4 is 5.97 Å². The monoisotopic (exact) mass is 486 g/mol. The van der Waals surface area contributed by atoms with E-state index in [1.165, 1.54) is 18.2 Å². The van der Waals surface area contributed by atoms with E-state index in [4.69, 9.17) is 4.74 Å². The molecule has 186 valence electrons. The third-order valence-electron chi connectivity index (χ3n) is 7.71. The molecule has 6 heteroatoms. The molecule has 35 heavy (non-hydrogen) atoms. The molecule has 0 saturated heterocycles. The second-order valence-corrected chi connectivity index (χ2v) is 9.74. The lowest BCUT2D eigenvalue weighted by Gasteiger charge is -2.41. The van der Waals surface area contributed by atoms with Crippen LogP contribution in [0.1, 0.15) is 72.3 Å². The number of ether oxygens (including phenoxy) is 1. The normalized spacial score (nSPS) is 23.9. The van der Waals surface area contributed by atoms with Crippen LogP contribution in [0.2, 0.25) is 0 Å². The molecule has 0 aromatic heterocycles. The number of allylic oxidation sites excluding steroid dienone is 2. The minimum Gasteiger partial charge on any atom is -0.420 e. The summed E-state index contributed by atoms with van der Waals surface area (Å²) in [5.41, 5.74) is -0.286. The largest absolute Gasteiger partial charge is 0.420 e. The van der Waals surface area contributed by atoms with E-state index in [2.05, 4.69) is 13.2 Å². The van der Waals surface area contributed by atoms with Gasteiger partial charge in [0, 0.05) is 0 Å². The molecule has 4 unspecified atom stereocenters. The highest BCUT2D eigenvalue weighted by molar-refractivity contribution is 5.91. The molecule has 0 heterocycles. The highest BCUT2D eigenvalue weighted by Gasteiger charge is 2.36. The second kappa shape index (κ2) is 10.8. The van der Waals surface area contributed by atoms with Crippen molar-refractivity contribution in [2.45, 2.75) is 57.3 Å². The number of carbonyl (C=O) groups excluding carboxylic acids is 1. The van der Waals surface area contributed by atoms with E-state index in [9.17, 15) is 18.0 Å². The molecule has 0 aliphatic heterocycles. The molecule has 2 aliphatic rings. The van der Waals surface area contributed by atoms with Gasteiger partial charge in [-0.15, -0.1) is 13.2 Å². The molecular formula is C29H30F4O2. The summed E-state index contributed by atoms with van der Waals surface area (Å²) < 4.78 is 63.5. The zero-order valence-electron chi connectivity index (χ0n) is 19.7. The Morgan fingerprint density at radius 2 is 1.63 bits per heavy atom. The second-order valence-electron chi connectivity index (χ2n) is 9.74. The van der Waals surface area contributed by atoms with Gasteiger partial charge in [-0.2, -0.15) is 4.39 Å². The van der Waals surface area contributed by atoms with E-state index < -0.39 is 40.6 Å². The molecule has 2 aromatic rings. The lowest BCUT2D eigenvalue weighted by molar-refractivity contribution is 0.0720. The first kappa shape index (κ1) is 25.2. The van der Waals surface area contributed by atoms with Crippen molar-refractivity contribution in [1.29, 1.82) is 0 Å². The first-order chi connectivity index (χ1) is 16.8. The zero-order valence-corrected chi connectivity index (χ0v) is 19.7. The van der Waals surface area contributed by atoms with Crippen LogP contribution in [0.5, 0.6) is 5.75 Å². The Balaban J connectivity index is 1.48. The van der Waals surface area contributed by atoms with Gasteiger partial charge in [0.05, 0.1) is 5.56 Å². The van der Waals surface area contributed by atoms with Crippen LogP contribution < -0.4 is 4.74 Å². The van der Waals surface area contributed by atoms with Gasteiger partial charge < -0.3 is 4.74 Å². The lowest BCUT2D eigenvalue weighted by Crippen LogP contribution is -2.30. The fourth-order valence-electron chi connectivity index (χ4n) is 5.72. The molecule has 2 aromatic carbocycles. The van der Waals surface area contributed by atoms with Gasteiger partial charge in [-0.05, 0) is 98.3 Å². The molecule has 0 spiro atoms. The highest BCUT2D eigenvalue weighted by atomic mass is 19.2. The van der Waals surface area contributed by atoms with E-state index in [-0.39, 0.29) is 23.5 Å². The van der Waals surface area contributed by atoms with Crippen molar-refractivity contribution in [1.82, 2.24) is 0 Å². The number of fused-ring (bicyclic) bond motifs is 1. The van der Waals surface area contributed by atoms with Gasteiger partial charge in [-0.3, -0.25) is 0 Å². The predicted molar refractivity (Wildman–Crippen MR) is 127 cm³/mol. The van der Waals surface area contributed by atoms with Gasteiger partial charge in [-0.25, -0.2) is 18.0 Å². The lowest BCUT2D eigenvalue weighted by atomic mass is 9.64. The van der Waals surface area contributed by atoms with Gasteiger partial charge in [0.2, 0.25) is 5.82 Å². The molecule has 2 aliphatic carbocycles. The minimum atomic E-state index is -1.35. The van der Waals surface area contributed by atoms with E-state index in [1.807, 2.05) is 6.08 Å². The molecule has 0 radical (unpaired) electrons. The Labute approximate surface area is 203 Å². The van der Waals surface area contributed by atoms with Crippen LogP contribution in [0, 0.1) is 41.0 Å². The maximum atomic E-state index is 15.1. The Morgan fingerprint density at radius 3 is 2.37 bits per heavy atom. The van der Waals surface area contributed by atoms with Gasteiger partial charge in [-0.1, -0.05) is 24.3 Å². The summed E-state index contributed by atoms with van der Waals surface area (Å²) in [7, 11) is 0. The van der Waals surface area contributed by atoms with Crippen molar-refractivity contribution in [3.05, 3.63) is 89.5 Å². The summed E-state index contributed by atoms with van der Waals surface area (Å²) in [5, 5.41) is 0. The van der Waals surface area contributed by atoms with Gasteiger partial charge in [0.1, 0.15) is 0 Å². The average Bonchev–Trinajstić information content (AvgIpc) is 2.87. The predicted octanol–water partition coefficient (Wildman–Crippen LogP) is 8.07. The van der Waals surface area contributed by atoms with Crippen molar-refractivity contribution in [2.24, 2.45) is 17.8 Å². The van der Waals surface area contributed by atoms with E-state index in [0.29, 0.717) is 24.2 Å². The molecule has 4 rings (SSSR count). The van der Waals surface area contributed by atoms with E-state index in [1.54, 1.807) is 6.08 Å². The number of aryl methyl sites for hydroxylation is 1. The third-order valence-corrected chi connectivity index (χ3v) is 7.71. The zero-order chi connectivity index (χ0) is 25.1. The molecule has 2 nitrogen and oxygen atoms in total. The maximum Gasteiger partial charge on any atom is 0.346 e. The number of hydrogen-bond donors (Lipinski definition) is 0. The number of hydrogen-bond acceptors (Lipinski definition) is 2. The fraction of sp³-hybridized carbons (Fsp3) is 0.414. The van der Waals surface area contributed by atoms with Gasteiger partial charge >= 0.3 is 5.97 Å². The van der Waals surface area contributed by atoms with Crippen molar-refractivity contribution in [2.75, 3.05) is 0 Å². The van der Waals surface area contributed by atoms with E-state index >= 15 is 4.39 Å². The van der Waals surface area contributed by atoms with Crippen LogP contribution in [-0.2, 0) is 6.42 Å². The number of rotatable bonds is 7. The smallest absolute Gasteiger partial charge is 0.346 e. The van der Waals surface area contributed by atoms with Gasteiger partial charge in [0.15, 0.2) is 23.2 Å². The summed E-state index contributed by atoms with van der Waals surface area (Å²) >= 11 is 0. The summed E-state index contributed by atoms with van der Waals surface area (Å²) in [6.45, 7) is 7.44. The Hall–Kier alpha value is -2.89. The molecule has 0 N–H and O–H groups in total. The highest BCUT2D eigenvalue weighted by Crippen LogP contribution is 2.48. The number of halogens is 4. The van der Waals surface area contributed by atoms with Crippen molar-refractivity contribution in [3.8, 4) is 5.75 Å². The minimum absolute atomic E-state index is 0.108. The summed E-state index contributed by atoms with van der Waals surface area (Å²) in [4.78, 5) is 12.5. The van der Waals surface area contributed by atoms with Crippen LogP contribution >= 0.6 is 0 Å². The quantitative estimate of drug-likeness (QED) is 0.171. The van der Waals surface area contributed by atoms with Crippen molar-refractivity contribution in [3.63, 3.8) is 0 Å². The van der Waals surface area contributed by atoms with Crippen LogP contribution in [0.25, 0.3) is 0 Å². The number of carbonyl (C=O) groups is 1. The van der Waals surface area contributed by atoms with Crippen molar-refractivity contribution < 1.29 is 27.1 Å². The Kier molecular flexibility index (Phi) is 7.78. The van der Waals surface area contributed by atoms with E-state index in [0.717, 1.165) is 44.6 Å². The molecular weight excluding hydrogens is 456 g/mol. The number of esters is 1. The number of benzene rings is 2. The summed E-state index contributed by atoms with van der Waals surface area (Å²) in [6, 6.07) is 4.99. The topological polar surface area (TPSA) is 26.3 Å². The summed E-state index contributed by atoms with van der Waals surface area (Å²) in [5.74, 6) is -5.36. The standard InChI is InChI=1S/C29H30F4O2/c1-3-5-6-18-11-14-24(28(33)25(18)30)35-29(34)23-13-12-22(26(31)27(23)32)21-10-9-19-15-17(4-2)7-8-20(19)16-21/h3-4,11-14,17,19-21H,1-2,5-10,15-16H2. The fourth-order valence-corrected chi connectivity index (χ4v) is 5.72.